The largest absolute Gasteiger partial charge is 0.314 e. The molecule has 2 saturated heterocycles. The van der Waals surface area contributed by atoms with Crippen molar-refractivity contribution in [2.24, 2.45) is 0 Å². The fourth-order valence-corrected chi connectivity index (χ4v) is 3.06. The van der Waals surface area contributed by atoms with E-state index in [2.05, 4.69) is 51.2 Å². The van der Waals surface area contributed by atoms with Gasteiger partial charge in [-0.2, -0.15) is 0 Å². The molecule has 1 unspecified atom stereocenters. The van der Waals surface area contributed by atoms with Gasteiger partial charge in [0.2, 0.25) is 0 Å². The maximum Gasteiger partial charge on any atom is 0.110 e. The number of nitrogens with zero attached hydrogens (tertiary/aromatic N) is 1. The average molecular weight is 246 g/mol. The summed E-state index contributed by atoms with van der Waals surface area (Å²) in [6.45, 7) is 7.43. The number of piperazine rings is 2. The van der Waals surface area contributed by atoms with Crippen LogP contribution in [0.2, 0.25) is 0 Å². The maximum absolute atomic E-state index is 3.75. The summed E-state index contributed by atoms with van der Waals surface area (Å²) < 4.78 is 0. The van der Waals surface area contributed by atoms with E-state index in [4.69, 9.17) is 0 Å². The second-order valence-corrected chi connectivity index (χ2v) is 5.07. The van der Waals surface area contributed by atoms with Crippen molar-refractivity contribution in [1.29, 1.82) is 0 Å². The van der Waals surface area contributed by atoms with Gasteiger partial charge >= 0.3 is 0 Å². The van der Waals surface area contributed by atoms with Gasteiger partial charge in [0, 0.05) is 45.8 Å². The first-order valence-electron chi connectivity index (χ1n) is 6.89. The SMILES string of the molecule is c1ccc(C2(N3CCNCC3)CNCCN2)cc1. The standard InChI is InChI=1S/C14H22N4/c1-2-4-13(5-3-1)14(12-16-6-7-17-14)18-10-8-15-9-11-18/h1-5,15-17H,6-12H2. The number of benzene rings is 1. The topological polar surface area (TPSA) is 39.3 Å². The number of hydrogen-bond donors (Lipinski definition) is 3. The highest BCUT2D eigenvalue weighted by atomic mass is 15.4. The van der Waals surface area contributed by atoms with Crippen LogP contribution in [0.5, 0.6) is 0 Å². The Hall–Kier alpha value is -0.940. The van der Waals surface area contributed by atoms with Crippen LogP contribution in [-0.2, 0) is 5.66 Å². The predicted octanol–water partition coefficient (Wildman–Crippen LogP) is -0.0626. The van der Waals surface area contributed by atoms with E-state index in [9.17, 15) is 0 Å². The van der Waals surface area contributed by atoms with E-state index >= 15 is 0 Å². The molecule has 1 aromatic rings. The molecule has 1 aromatic carbocycles. The molecule has 0 spiro atoms. The van der Waals surface area contributed by atoms with E-state index in [1.165, 1.54) is 5.56 Å². The van der Waals surface area contributed by atoms with Crippen molar-refractivity contribution in [2.45, 2.75) is 5.66 Å². The summed E-state index contributed by atoms with van der Waals surface area (Å²) in [4.78, 5) is 2.57. The van der Waals surface area contributed by atoms with Crippen molar-refractivity contribution in [3.05, 3.63) is 35.9 Å². The lowest BCUT2D eigenvalue weighted by Gasteiger charge is -2.49. The molecule has 2 fully saturated rings. The molecule has 4 nitrogen and oxygen atoms in total. The zero-order valence-corrected chi connectivity index (χ0v) is 10.8. The first kappa shape index (κ1) is 12.1. The van der Waals surface area contributed by atoms with Crippen molar-refractivity contribution in [3.63, 3.8) is 0 Å². The lowest BCUT2D eigenvalue weighted by molar-refractivity contribution is 0.0269. The Morgan fingerprint density at radius 2 is 1.67 bits per heavy atom. The van der Waals surface area contributed by atoms with E-state index in [-0.39, 0.29) is 5.66 Å². The smallest absolute Gasteiger partial charge is 0.110 e. The van der Waals surface area contributed by atoms with Crippen LogP contribution in [-0.4, -0.2) is 50.7 Å². The Morgan fingerprint density at radius 3 is 2.33 bits per heavy atom. The third-order valence-corrected chi connectivity index (χ3v) is 4.01. The molecule has 0 aromatic heterocycles. The molecular weight excluding hydrogens is 224 g/mol. The summed E-state index contributed by atoms with van der Waals surface area (Å²) >= 11 is 0. The molecule has 2 aliphatic heterocycles. The van der Waals surface area contributed by atoms with Crippen molar-refractivity contribution in [3.8, 4) is 0 Å². The molecule has 4 heteroatoms. The quantitative estimate of drug-likeness (QED) is 0.683. The highest BCUT2D eigenvalue weighted by Gasteiger charge is 2.39. The van der Waals surface area contributed by atoms with Gasteiger partial charge in [-0.15, -0.1) is 0 Å². The average Bonchev–Trinajstić information content (AvgIpc) is 2.50. The molecule has 18 heavy (non-hydrogen) atoms. The highest BCUT2D eigenvalue weighted by molar-refractivity contribution is 5.25. The van der Waals surface area contributed by atoms with Crippen LogP contribution in [0, 0.1) is 0 Å². The van der Waals surface area contributed by atoms with Crippen LogP contribution >= 0.6 is 0 Å². The maximum atomic E-state index is 3.75. The fraction of sp³-hybridized carbons (Fsp3) is 0.571. The Bertz CT molecular complexity index is 367. The summed E-state index contributed by atoms with van der Waals surface area (Å²) in [7, 11) is 0. The molecule has 0 saturated carbocycles. The molecule has 2 aliphatic rings. The number of hydrogen-bond acceptors (Lipinski definition) is 4. The predicted molar refractivity (Wildman–Crippen MR) is 73.4 cm³/mol. The van der Waals surface area contributed by atoms with Crippen LogP contribution in [0.1, 0.15) is 5.56 Å². The molecule has 3 N–H and O–H groups in total. The van der Waals surface area contributed by atoms with Gasteiger partial charge in [0.1, 0.15) is 5.66 Å². The molecule has 3 rings (SSSR count). The van der Waals surface area contributed by atoms with E-state index < -0.39 is 0 Å². The monoisotopic (exact) mass is 246 g/mol. The van der Waals surface area contributed by atoms with Gasteiger partial charge in [0.15, 0.2) is 0 Å². The van der Waals surface area contributed by atoms with Crippen LogP contribution in [0.3, 0.4) is 0 Å². The molecule has 1 atom stereocenters. The van der Waals surface area contributed by atoms with Gasteiger partial charge < -0.3 is 10.6 Å². The van der Waals surface area contributed by atoms with Gasteiger partial charge in [-0.1, -0.05) is 30.3 Å². The lowest BCUT2D eigenvalue weighted by atomic mass is 9.94. The van der Waals surface area contributed by atoms with Crippen molar-refractivity contribution >= 4 is 0 Å². The number of nitrogens with one attached hydrogen (secondary N) is 3. The molecule has 2 heterocycles. The van der Waals surface area contributed by atoms with Gasteiger partial charge in [0.25, 0.3) is 0 Å². The van der Waals surface area contributed by atoms with E-state index in [0.29, 0.717) is 0 Å². The molecule has 0 bridgehead atoms. The second-order valence-electron chi connectivity index (χ2n) is 5.07. The fourth-order valence-electron chi connectivity index (χ4n) is 3.06. The molecule has 0 amide bonds. The molecule has 0 radical (unpaired) electrons. The zero-order chi connectivity index (χ0) is 12.3. The third kappa shape index (κ3) is 2.17. The van der Waals surface area contributed by atoms with E-state index in [0.717, 1.165) is 45.8 Å². The zero-order valence-electron chi connectivity index (χ0n) is 10.8. The first-order chi connectivity index (χ1) is 8.92. The summed E-state index contributed by atoms with van der Waals surface area (Å²) in [5.74, 6) is 0. The van der Waals surface area contributed by atoms with Gasteiger partial charge in [-0.3, -0.25) is 10.2 Å². The van der Waals surface area contributed by atoms with Crippen LogP contribution < -0.4 is 16.0 Å². The molecule has 98 valence electrons. The lowest BCUT2D eigenvalue weighted by Crippen LogP contribution is -2.68. The van der Waals surface area contributed by atoms with Gasteiger partial charge in [-0.25, -0.2) is 0 Å². The Kier molecular flexibility index (Phi) is 3.61. The van der Waals surface area contributed by atoms with E-state index in [1.807, 2.05) is 0 Å². The summed E-state index contributed by atoms with van der Waals surface area (Å²) in [6.07, 6.45) is 0. The van der Waals surface area contributed by atoms with E-state index in [1.54, 1.807) is 0 Å². The van der Waals surface area contributed by atoms with Crippen LogP contribution in [0.25, 0.3) is 0 Å². The second kappa shape index (κ2) is 5.36. The van der Waals surface area contributed by atoms with Crippen molar-refractivity contribution < 1.29 is 0 Å². The minimum atomic E-state index is -0.0262. The van der Waals surface area contributed by atoms with Gasteiger partial charge in [0.05, 0.1) is 0 Å². The van der Waals surface area contributed by atoms with Crippen LogP contribution in [0.15, 0.2) is 30.3 Å². The highest BCUT2D eigenvalue weighted by Crippen LogP contribution is 2.26. The summed E-state index contributed by atoms with van der Waals surface area (Å²) in [5, 5.41) is 10.7. The molecular formula is C14H22N4. The Morgan fingerprint density at radius 1 is 0.889 bits per heavy atom. The first-order valence-corrected chi connectivity index (χ1v) is 6.89. The summed E-state index contributed by atoms with van der Waals surface area (Å²) in [5.41, 5.74) is 1.35. The van der Waals surface area contributed by atoms with Crippen molar-refractivity contribution in [1.82, 2.24) is 20.9 Å². The van der Waals surface area contributed by atoms with Crippen LogP contribution in [0.4, 0.5) is 0 Å². The third-order valence-electron chi connectivity index (χ3n) is 4.01. The Labute approximate surface area is 109 Å². The van der Waals surface area contributed by atoms with Gasteiger partial charge in [-0.05, 0) is 5.56 Å². The molecule has 0 aliphatic carbocycles. The Balaban J connectivity index is 1.92. The summed E-state index contributed by atoms with van der Waals surface area (Å²) in [6, 6.07) is 10.8. The van der Waals surface area contributed by atoms with Crippen molar-refractivity contribution in [2.75, 3.05) is 45.8 Å². The minimum absolute atomic E-state index is 0.0262. The number of rotatable bonds is 2. The normalized spacial score (nSPS) is 30.2. The minimum Gasteiger partial charge on any atom is -0.314 e.